The molecule has 0 spiro atoms. The standard InChI is InChI=1S/C21H25FN2O/c1-14(2)19(16-8-10-17(22)11-9-16)24-20(15-6-4-3-5-7-15)21(25)23-18-12-13-18/h3-11,14,18-20,24H,12-13H2,1-2H3,(H,23,25). The van der Waals surface area contributed by atoms with E-state index in [-0.39, 0.29) is 23.7 Å². The second-order valence-corrected chi connectivity index (χ2v) is 7.07. The zero-order valence-corrected chi connectivity index (χ0v) is 14.7. The normalized spacial score (nSPS) is 16.5. The average Bonchev–Trinajstić information content (AvgIpc) is 3.41. The van der Waals surface area contributed by atoms with Crippen molar-refractivity contribution in [1.82, 2.24) is 10.6 Å². The number of carbonyl (C=O) groups excluding carboxylic acids is 1. The topological polar surface area (TPSA) is 41.1 Å². The molecule has 0 heterocycles. The Kier molecular flexibility index (Phi) is 5.49. The summed E-state index contributed by atoms with van der Waals surface area (Å²) in [4.78, 5) is 12.8. The van der Waals surface area contributed by atoms with E-state index in [1.54, 1.807) is 12.1 Å². The predicted octanol–water partition coefficient (Wildman–Crippen LogP) is 4.13. The third-order valence-corrected chi connectivity index (χ3v) is 4.56. The van der Waals surface area contributed by atoms with Gasteiger partial charge < -0.3 is 5.32 Å². The van der Waals surface area contributed by atoms with E-state index in [9.17, 15) is 9.18 Å². The fourth-order valence-electron chi connectivity index (χ4n) is 3.00. The van der Waals surface area contributed by atoms with E-state index >= 15 is 0 Å². The molecule has 2 atom stereocenters. The summed E-state index contributed by atoms with van der Waals surface area (Å²) < 4.78 is 13.3. The molecule has 2 N–H and O–H groups in total. The molecule has 1 aliphatic carbocycles. The van der Waals surface area contributed by atoms with Crippen LogP contribution in [0.1, 0.15) is 49.9 Å². The van der Waals surface area contributed by atoms with E-state index in [4.69, 9.17) is 0 Å². The highest BCUT2D eigenvalue weighted by molar-refractivity contribution is 5.83. The quantitative estimate of drug-likeness (QED) is 0.796. The van der Waals surface area contributed by atoms with Crippen molar-refractivity contribution in [2.75, 3.05) is 0 Å². The van der Waals surface area contributed by atoms with E-state index in [2.05, 4.69) is 24.5 Å². The molecule has 0 bridgehead atoms. The zero-order valence-electron chi connectivity index (χ0n) is 14.7. The molecule has 1 fully saturated rings. The lowest BCUT2D eigenvalue weighted by Crippen LogP contribution is -2.41. The van der Waals surface area contributed by atoms with Gasteiger partial charge in [0.25, 0.3) is 0 Å². The van der Waals surface area contributed by atoms with Crippen molar-refractivity contribution in [2.45, 2.75) is 44.8 Å². The SMILES string of the molecule is CC(C)C(NC(C(=O)NC1CC1)c1ccccc1)c1ccc(F)cc1. The fraction of sp³-hybridized carbons (Fsp3) is 0.381. The summed E-state index contributed by atoms with van der Waals surface area (Å²) in [7, 11) is 0. The lowest BCUT2D eigenvalue weighted by molar-refractivity contribution is -0.123. The summed E-state index contributed by atoms with van der Waals surface area (Å²) in [5.41, 5.74) is 1.92. The number of nitrogens with one attached hydrogen (secondary N) is 2. The highest BCUT2D eigenvalue weighted by Gasteiger charge is 2.30. The van der Waals surface area contributed by atoms with Crippen LogP contribution in [0.5, 0.6) is 0 Å². The van der Waals surface area contributed by atoms with Crippen LogP contribution < -0.4 is 10.6 Å². The Morgan fingerprint density at radius 2 is 1.64 bits per heavy atom. The summed E-state index contributed by atoms with van der Waals surface area (Å²) in [5, 5.41) is 6.60. The van der Waals surface area contributed by atoms with Crippen LogP contribution >= 0.6 is 0 Å². The molecule has 2 aromatic carbocycles. The van der Waals surface area contributed by atoms with Gasteiger partial charge >= 0.3 is 0 Å². The van der Waals surface area contributed by atoms with Crippen LogP contribution in [0.4, 0.5) is 4.39 Å². The van der Waals surface area contributed by atoms with Crippen molar-refractivity contribution in [3.63, 3.8) is 0 Å². The number of hydrogen-bond donors (Lipinski definition) is 2. The van der Waals surface area contributed by atoms with Gasteiger partial charge in [-0.15, -0.1) is 0 Å². The first kappa shape index (κ1) is 17.6. The Morgan fingerprint density at radius 1 is 1.00 bits per heavy atom. The van der Waals surface area contributed by atoms with Gasteiger partial charge in [0, 0.05) is 12.1 Å². The molecule has 1 saturated carbocycles. The maximum Gasteiger partial charge on any atom is 0.241 e. The first-order valence-electron chi connectivity index (χ1n) is 8.91. The average molecular weight is 340 g/mol. The number of hydrogen-bond acceptors (Lipinski definition) is 2. The van der Waals surface area contributed by atoms with Crippen molar-refractivity contribution in [1.29, 1.82) is 0 Å². The molecule has 0 aromatic heterocycles. The lowest BCUT2D eigenvalue weighted by atomic mass is 9.93. The molecule has 25 heavy (non-hydrogen) atoms. The summed E-state index contributed by atoms with van der Waals surface area (Å²) in [6.07, 6.45) is 2.11. The van der Waals surface area contributed by atoms with Crippen molar-refractivity contribution >= 4 is 5.91 Å². The van der Waals surface area contributed by atoms with Gasteiger partial charge in [0.15, 0.2) is 0 Å². The number of rotatable bonds is 7. The van der Waals surface area contributed by atoms with Gasteiger partial charge in [-0.05, 0) is 42.0 Å². The Labute approximate surface area is 148 Å². The molecule has 3 nitrogen and oxygen atoms in total. The minimum Gasteiger partial charge on any atom is -0.352 e. The van der Waals surface area contributed by atoms with Gasteiger partial charge in [0.05, 0.1) is 0 Å². The van der Waals surface area contributed by atoms with Crippen LogP contribution in [0.3, 0.4) is 0 Å². The summed E-state index contributed by atoms with van der Waals surface area (Å²) >= 11 is 0. The largest absolute Gasteiger partial charge is 0.352 e. The van der Waals surface area contributed by atoms with Gasteiger partial charge in [-0.3, -0.25) is 10.1 Å². The zero-order chi connectivity index (χ0) is 17.8. The summed E-state index contributed by atoms with van der Waals surface area (Å²) in [6.45, 7) is 4.20. The van der Waals surface area contributed by atoms with Crippen LogP contribution in [0, 0.1) is 11.7 Å². The minimum absolute atomic E-state index is 0.00135. The van der Waals surface area contributed by atoms with Gasteiger partial charge in [-0.2, -0.15) is 0 Å². The highest BCUT2D eigenvalue weighted by atomic mass is 19.1. The van der Waals surface area contributed by atoms with E-state index < -0.39 is 6.04 Å². The molecule has 132 valence electrons. The van der Waals surface area contributed by atoms with Crippen LogP contribution in [-0.2, 0) is 4.79 Å². The number of amides is 1. The van der Waals surface area contributed by atoms with Crippen LogP contribution in [0.25, 0.3) is 0 Å². The Hall–Kier alpha value is -2.20. The minimum atomic E-state index is -0.431. The third-order valence-electron chi connectivity index (χ3n) is 4.56. The molecule has 2 unspecified atom stereocenters. The summed E-state index contributed by atoms with van der Waals surface area (Å²) in [5.74, 6) is 0.00389. The second-order valence-electron chi connectivity index (χ2n) is 7.07. The highest BCUT2D eigenvalue weighted by Crippen LogP contribution is 2.27. The first-order chi connectivity index (χ1) is 12.0. The summed E-state index contributed by atoms with van der Waals surface area (Å²) in [6, 6.07) is 16.1. The van der Waals surface area contributed by atoms with Gasteiger partial charge in [0.2, 0.25) is 5.91 Å². The molecule has 0 aliphatic heterocycles. The van der Waals surface area contributed by atoms with Crippen LogP contribution in [0.2, 0.25) is 0 Å². The fourth-order valence-corrected chi connectivity index (χ4v) is 3.00. The molecule has 3 rings (SSSR count). The first-order valence-corrected chi connectivity index (χ1v) is 8.91. The molecule has 0 saturated heterocycles. The second kappa shape index (κ2) is 7.79. The van der Waals surface area contributed by atoms with Crippen molar-refractivity contribution < 1.29 is 9.18 Å². The molecule has 1 aliphatic rings. The van der Waals surface area contributed by atoms with E-state index in [0.29, 0.717) is 6.04 Å². The monoisotopic (exact) mass is 340 g/mol. The Bertz CT molecular complexity index is 696. The van der Waals surface area contributed by atoms with Crippen molar-refractivity contribution in [3.05, 3.63) is 71.5 Å². The molecule has 2 aromatic rings. The maximum absolute atomic E-state index is 13.3. The number of halogens is 1. The molecular weight excluding hydrogens is 315 g/mol. The Balaban J connectivity index is 1.85. The van der Waals surface area contributed by atoms with Crippen LogP contribution in [-0.4, -0.2) is 11.9 Å². The van der Waals surface area contributed by atoms with Crippen LogP contribution in [0.15, 0.2) is 54.6 Å². The smallest absolute Gasteiger partial charge is 0.241 e. The molecule has 1 amide bonds. The van der Waals surface area contributed by atoms with Crippen molar-refractivity contribution in [3.8, 4) is 0 Å². The van der Waals surface area contributed by atoms with Gasteiger partial charge in [-0.1, -0.05) is 56.3 Å². The van der Waals surface area contributed by atoms with Gasteiger partial charge in [0.1, 0.15) is 11.9 Å². The molecular formula is C21H25FN2O. The predicted molar refractivity (Wildman–Crippen MR) is 97.5 cm³/mol. The molecule has 0 radical (unpaired) electrons. The number of benzene rings is 2. The van der Waals surface area contributed by atoms with E-state index in [1.165, 1.54) is 12.1 Å². The third kappa shape index (κ3) is 4.67. The molecule has 4 heteroatoms. The maximum atomic E-state index is 13.3. The van der Waals surface area contributed by atoms with E-state index in [1.807, 2.05) is 30.3 Å². The van der Waals surface area contributed by atoms with Gasteiger partial charge in [-0.25, -0.2) is 4.39 Å². The number of carbonyl (C=O) groups is 1. The van der Waals surface area contributed by atoms with Crippen molar-refractivity contribution in [2.24, 2.45) is 5.92 Å². The Morgan fingerprint density at radius 3 is 2.20 bits per heavy atom. The van der Waals surface area contributed by atoms with E-state index in [0.717, 1.165) is 24.0 Å². The lowest BCUT2D eigenvalue weighted by Gasteiger charge is -2.28.